The highest BCUT2D eigenvalue weighted by molar-refractivity contribution is 6.30. The molecule has 0 saturated heterocycles. The summed E-state index contributed by atoms with van der Waals surface area (Å²) < 4.78 is 0. The molecular formula is C16H12N2O3. The molecule has 104 valence electrons. The summed E-state index contributed by atoms with van der Waals surface area (Å²) in [5, 5.41) is 2.46. The van der Waals surface area contributed by atoms with Crippen LogP contribution in [0.2, 0.25) is 0 Å². The molecule has 0 heterocycles. The second-order valence-corrected chi connectivity index (χ2v) is 4.73. The van der Waals surface area contributed by atoms with Gasteiger partial charge in [0, 0.05) is 23.7 Å². The summed E-state index contributed by atoms with van der Waals surface area (Å²) in [7, 11) is 1.48. The molecule has 5 nitrogen and oxygen atoms in total. The smallest absolute Gasteiger partial charge is 0.253 e. The minimum Gasteiger partial charge on any atom is -0.397 e. The van der Waals surface area contributed by atoms with Crippen LogP contribution in [0.5, 0.6) is 0 Å². The van der Waals surface area contributed by atoms with E-state index in [0.717, 1.165) is 0 Å². The van der Waals surface area contributed by atoms with Crippen molar-refractivity contribution in [2.45, 2.75) is 0 Å². The van der Waals surface area contributed by atoms with Crippen LogP contribution in [0, 0.1) is 0 Å². The predicted molar refractivity (Wildman–Crippen MR) is 77.6 cm³/mol. The zero-order valence-corrected chi connectivity index (χ0v) is 11.3. The molecule has 5 heteroatoms. The van der Waals surface area contributed by atoms with E-state index in [9.17, 15) is 14.4 Å². The van der Waals surface area contributed by atoms with Crippen LogP contribution in [0.1, 0.15) is 42.2 Å². The van der Waals surface area contributed by atoms with Crippen molar-refractivity contribution in [2.24, 2.45) is 0 Å². The Kier molecular flexibility index (Phi) is 2.83. The Morgan fingerprint density at radius 1 is 0.952 bits per heavy atom. The largest absolute Gasteiger partial charge is 0.397 e. The number of hydrogen-bond donors (Lipinski definition) is 2. The lowest BCUT2D eigenvalue weighted by Crippen LogP contribution is -2.26. The Balaban J connectivity index is 2.29. The highest BCUT2D eigenvalue weighted by Crippen LogP contribution is 2.32. The van der Waals surface area contributed by atoms with Gasteiger partial charge in [0.1, 0.15) is 0 Å². The van der Waals surface area contributed by atoms with Gasteiger partial charge >= 0.3 is 0 Å². The van der Waals surface area contributed by atoms with Crippen molar-refractivity contribution in [1.82, 2.24) is 5.32 Å². The highest BCUT2D eigenvalue weighted by atomic mass is 16.2. The van der Waals surface area contributed by atoms with Crippen molar-refractivity contribution in [3.63, 3.8) is 0 Å². The lowest BCUT2D eigenvalue weighted by atomic mass is 9.82. The van der Waals surface area contributed by atoms with E-state index in [4.69, 9.17) is 5.73 Å². The fourth-order valence-electron chi connectivity index (χ4n) is 2.54. The molecule has 0 aliphatic heterocycles. The Morgan fingerprint density at radius 2 is 1.57 bits per heavy atom. The van der Waals surface area contributed by atoms with E-state index in [-0.39, 0.29) is 33.9 Å². The average Bonchev–Trinajstić information content (AvgIpc) is 2.51. The number of carbonyl (C=O) groups is 3. The molecule has 1 aliphatic carbocycles. The number of rotatable bonds is 1. The molecular weight excluding hydrogens is 268 g/mol. The zero-order chi connectivity index (χ0) is 15.1. The second-order valence-electron chi connectivity index (χ2n) is 4.73. The Labute approximate surface area is 120 Å². The molecule has 0 fully saturated rings. The lowest BCUT2D eigenvalue weighted by Gasteiger charge is -2.20. The van der Waals surface area contributed by atoms with E-state index in [2.05, 4.69) is 5.32 Å². The third-order valence-corrected chi connectivity index (χ3v) is 3.61. The first kappa shape index (κ1) is 13.1. The van der Waals surface area contributed by atoms with E-state index < -0.39 is 5.91 Å². The van der Waals surface area contributed by atoms with Gasteiger partial charge in [-0.15, -0.1) is 0 Å². The van der Waals surface area contributed by atoms with Crippen molar-refractivity contribution in [2.75, 3.05) is 12.8 Å². The number of benzene rings is 2. The zero-order valence-electron chi connectivity index (χ0n) is 11.3. The first-order valence-corrected chi connectivity index (χ1v) is 6.39. The lowest BCUT2D eigenvalue weighted by molar-refractivity contribution is 0.0961. The molecule has 1 amide bonds. The first-order chi connectivity index (χ1) is 10.1. The Morgan fingerprint density at radius 3 is 2.19 bits per heavy atom. The van der Waals surface area contributed by atoms with Gasteiger partial charge in [-0.1, -0.05) is 24.3 Å². The quantitative estimate of drug-likeness (QED) is 0.659. The molecule has 0 spiro atoms. The number of nitrogen functional groups attached to an aromatic ring is 1. The van der Waals surface area contributed by atoms with Gasteiger partial charge in [0.2, 0.25) is 0 Å². The van der Waals surface area contributed by atoms with Crippen LogP contribution in [0.4, 0.5) is 5.69 Å². The molecule has 0 aromatic heterocycles. The van der Waals surface area contributed by atoms with Crippen LogP contribution in [0.25, 0.3) is 0 Å². The Bertz CT molecular complexity index is 809. The molecule has 3 rings (SSSR count). The van der Waals surface area contributed by atoms with Crippen LogP contribution in [-0.4, -0.2) is 24.5 Å². The van der Waals surface area contributed by atoms with E-state index in [1.54, 1.807) is 24.3 Å². The summed E-state index contributed by atoms with van der Waals surface area (Å²) in [6.45, 7) is 0. The van der Waals surface area contributed by atoms with Crippen LogP contribution < -0.4 is 11.1 Å². The molecule has 21 heavy (non-hydrogen) atoms. The summed E-state index contributed by atoms with van der Waals surface area (Å²) in [4.78, 5) is 36.8. The maximum Gasteiger partial charge on any atom is 0.253 e. The number of nitrogens with two attached hydrogens (primary N) is 1. The van der Waals surface area contributed by atoms with Crippen molar-refractivity contribution in [3.05, 3.63) is 64.2 Å². The molecule has 2 aromatic rings. The number of amides is 1. The minimum atomic E-state index is -0.394. The average molecular weight is 280 g/mol. The number of anilines is 1. The third kappa shape index (κ3) is 1.74. The summed E-state index contributed by atoms with van der Waals surface area (Å²) in [5.74, 6) is -0.979. The molecule has 3 N–H and O–H groups in total. The van der Waals surface area contributed by atoms with Gasteiger partial charge < -0.3 is 11.1 Å². The summed E-state index contributed by atoms with van der Waals surface area (Å²) in [6, 6.07) is 9.54. The second kappa shape index (κ2) is 4.56. The SMILES string of the molecule is CNC(=O)c1ccc2c(c1N)C(=O)c1ccccc1C2=O. The molecule has 0 atom stereocenters. The summed E-state index contributed by atoms with van der Waals surface area (Å²) >= 11 is 0. The molecule has 1 aliphatic rings. The third-order valence-electron chi connectivity index (χ3n) is 3.61. The molecule has 2 aromatic carbocycles. The van der Waals surface area contributed by atoms with Gasteiger partial charge in [-0.25, -0.2) is 0 Å². The van der Waals surface area contributed by atoms with Gasteiger partial charge in [0.15, 0.2) is 11.6 Å². The fourth-order valence-corrected chi connectivity index (χ4v) is 2.54. The molecule has 0 unspecified atom stereocenters. The molecule has 0 radical (unpaired) electrons. The first-order valence-electron chi connectivity index (χ1n) is 6.39. The standard InChI is InChI=1S/C16H12N2O3/c1-18-16(21)11-7-6-10-12(13(11)17)15(20)9-5-3-2-4-8(9)14(10)19/h2-7H,17H2,1H3,(H,18,21). The van der Waals surface area contributed by atoms with Crippen molar-refractivity contribution >= 4 is 23.2 Å². The van der Waals surface area contributed by atoms with E-state index in [0.29, 0.717) is 11.1 Å². The monoisotopic (exact) mass is 280 g/mol. The maximum atomic E-state index is 12.6. The van der Waals surface area contributed by atoms with Crippen LogP contribution >= 0.6 is 0 Å². The van der Waals surface area contributed by atoms with Gasteiger partial charge in [0.25, 0.3) is 5.91 Å². The van der Waals surface area contributed by atoms with E-state index >= 15 is 0 Å². The highest BCUT2D eigenvalue weighted by Gasteiger charge is 2.32. The number of fused-ring (bicyclic) bond motifs is 2. The van der Waals surface area contributed by atoms with Crippen molar-refractivity contribution in [1.29, 1.82) is 0 Å². The maximum absolute atomic E-state index is 12.6. The number of hydrogen-bond acceptors (Lipinski definition) is 4. The minimum absolute atomic E-state index is 0.0414. The van der Waals surface area contributed by atoms with Crippen LogP contribution in [0.15, 0.2) is 36.4 Å². The summed E-state index contributed by atoms with van der Waals surface area (Å²) in [5.41, 5.74) is 7.22. The predicted octanol–water partition coefficient (Wildman–Crippen LogP) is 1.40. The van der Waals surface area contributed by atoms with Crippen LogP contribution in [-0.2, 0) is 0 Å². The van der Waals surface area contributed by atoms with Crippen molar-refractivity contribution in [3.8, 4) is 0 Å². The van der Waals surface area contributed by atoms with Gasteiger partial charge in [-0.3, -0.25) is 14.4 Å². The fraction of sp³-hybridized carbons (Fsp3) is 0.0625. The van der Waals surface area contributed by atoms with Crippen LogP contribution in [0.3, 0.4) is 0 Å². The van der Waals surface area contributed by atoms with Crippen molar-refractivity contribution < 1.29 is 14.4 Å². The topological polar surface area (TPSA) is 89.3 Å². The molecule has 0 bridgehead atoms. The Hall–Kier alpha value is -2.95. The van der Waals surface area contributed by atoms with Gasteiger partial charge in [0.05, 0.1) is 16.8 Å². The number of ketones is 2. The van der Waals surface area contributed by atoms with E-state index in [1.165, 1.54) is 19.2 Å². The summed E-state index contributed by atoms with van der Waals surface area (Å²) in [6.07, 6.45) is 0. The molecule has 0 saturated carbocycles. The van der Waals surface area contributed by atoms with E-state index in [1.807, 2.05) is 0 Å². The van der Waals surface area contributed by atoms with Gasteiger partial charge in [-0.2, -0.15) is 0 Å². The number of nitrogens with one attached hydrogen (secondary N) is 1. The van der Waals surface area contributed by atoms with Gasteiger partial charge in [-0.05, 0) is 12.1 Å². The number of carbonyl (C=O) groups excluding carboxylic acids is 3. The normalized spacial score (nSPS) is 12.6.